The first-order valence-corrected chi connectivity index (χ1v) is 8.31. The van der Waals surface area contributed by atoms with Crippen molar-refractivity contribution in [3.8, 4) is 11.5 Å². The van der Waals surface area contributed by atoms with Gasteiger partial charge in [0.15, 0.2) is 11.5 Å². The Hall–Kier alpha value is -2.68. The van der Waals surface area contributed by atoms with E-state index in [0.29, 0.717) is 30.8 Å². The van der Waals surface area contributed by atoms with Crippen molar-refractivity contribution in [1.82, 2.24) is 0 Å². The van der Waals surface area contributed by atoms with E-state index in [2.05, 4.69) is 26.4 Å². The van der Waals surface area contributed by atoms with Crippen molar-refractivity contribution >= 4 is 33.7 Å². The number of benzene rings is 2. The van der Waals surface area contributed by atoms with Gasteiger partial charge in [-0.2, -0.15) is 0 Å². The maximum atomic E-state index is 13.4. The highest BCUT2D eigenvalue weighted by molar-refractivity contribution is 9.10. The van der Waals surface area contributed by atoms with Gasteiger partial charge >= 0.3 is 0 Å². The maximum Gasteiger partial charge on any atom is 0.270 e. The molecule has 3 rings (SSSR count). The highest BCUT2D eigenvalue weighted by Gasteiger charge is 2.15. The first kappa shape index (κ1) is 18.1. The van der Waals surface area contributed by atoms with Crippen LogP contribution in [0.15, 0.2) is 40.0 Å². The highest BCUT2D eigenvalue weighted by atomic mass is 79.9. The highest BCUT2D eigenvalue weighted by Crippen LogP contribution is 2.35. The first-order valence-electron chi connectivity index (χ1n) is 7.52. The number of halogens is 3. The Morgan fingerprint density at radius 3 is 2.69 bits per heavy atom. The molecule has 0 unspecified atom stereocenters. The summed E-state index contributed by atoms with van der Waals surface area (Å²) in [5.41, 5.74) is 0.591. The van der Waals surface area contributed by atoms with Gasteiger partial charge in [0, 0.05) is 16.1 Å². The largest absolute Gasteiger partial charge is 0.486 e. The summed E-state index contributed by atoms with van der Waals surface area (Å²) in [6.45, 7) is 1.03. The molecule has 0 bridgehead atoms. The third kappa shape index (κ3) is 4.48. The van der Waals surface area contributed by atoms with Crippen molar-refractivity contribution in [1.29, 1.82) is 0 Å². The number of carbonyl (C=O) groups is 1. The topological polar surface area (TPSA) is 69.2 Å². The number of amides is 1. The Labute approximate surface area is 155 Å². The van der Waals surface area contributed by atoms with Crippen molar-refractivity contribution < 1.29 is 27.9 Å². The number of rotatable bonds is 5. The number of nitrogens with one attached hydrogen (secondary N) is 1. The van der Waals surface area contributed by atoms with Crippen LogP contribution in [0, 0.1) is 11.6 Å². The lowest BCUT2D eigenvalue weighted by Gasteiger charge is -2.19. The summed E-state index contributed by atoms with van der Waals surface area (Å²) >= 11 is 3.40. The zero-order chi connectivity index (χ0) is 18.5. The molecule has 6 nitrogen and oxygen atoms in total. The van der Waals surface area contributed by atoms with E-state index in [1.54, 1.807) is 12.1 Å². The van der Waals surface area contributed by atoms with Crippen LogP contribution in [0.2, 0.25) is 0 Å². The van der Waals surface area contributed by atoms with Gasteiger partial charge in [0.1, 0.15) is 37.7 Å². The van der Waals surface area contributed by atoms with Crippen molar-refractivity contribution in [3.05, 3.63) is 52.0 Å². The Balaban J connectivity index is 1.55. The van der Waals surface area contributed by atoms with E-state index < -0.39 is 17.5 Å². The molecule has 0 radical (unpaired) electrons. The van der Waals surface area contributed by atoms with Crippen LogP contribution in [0.3, 0.4) is 0 Å². The summed E-state index contributed by atoms with van der Waals surface area (Å²) in [7, 11) is 0. The van der Waals surface area contributed by atoms with Gasteiger partial charge in [-0.05, 0) is 24.3 Å². The summed E-state index contributed by atoms with van der Waals surface area (Å²) in [4.78, 5) is 16.8. The number of anilines is 1. The lowest BCUT2D eigenvalue weighted by Crippen LogP contribution is -2.15. The van der Waals surface area contributed by atoms with Gasteiger partial charge in [-0.3, -0.25) is 4.79 Å². The second-order valence-electron chi connectivity index (χ2n) is 5.21. The first-order chi connectivity index (χ1) is 12.5. The molecule has 9 heteroatoms. The molecule has 1 aliphatic heterocycles. The monoisotopic (exact) mass is 426 g/mol. The summed E-state index contributed by atoms with van der Waals surface area (Å²) in [5, 5.41) is 5.77. The molecule has 0 aliphatic carbocycles. The Kier molecular flexibility index (Phi) is 5.67. The smallest absolute Gasteiger partial charge is 0.270 e. The lowest BCUT2D eigenvalue weighted by molar-refractivity contribution is -0.110. The second-order valence-corrected chi connectivity index (χ2v) is 6.06. The van der Waals surface area contributed by atoms with Crippen molar-refractivity contribution in [2.45, 2.75) is 6.61 Å². The lowest BCUT2D eigenvalue weighted by atomic mass is 10.2. The Morgan fingerprint density at radius 2 is 1.96 bits per heavy atom. The van der Waals surface area contributed by atoms with Crippen LogP contribution in [0.5, 0.6) is 11.5 Å². The summed E-state index contributed by atoms with van der Waals surface area (Å²) in [6.07, 6.45) is 0.856. The summed E-state index contributed by atoms with van der Waals surface area (Å²) < 4.78 is 37.9. The number of hydrogen-bond donors (Lipinski definition) is 1. The molecule has 0 atom stereocenters. The average molecular weight is 427 g/mol. The molecule has 0 saturated heterocycles. The fourth-order valence-corrected chi connectivity index (χ4v) is 2.60. The molecule has 2 aromatic carbocycles. The van der Waals surface area contributed by atoms with Crippen LogP contribution >= 0.6 is 15.9 Å². The third-order valence-corrected chi connectivity index (χ3v) is 4.10. The fourth-order valence-electron chi connectivity index (χ4n) is 2.16. The molecule has 1 heterocycles. The van der Waals surface area contributed by atoms with Gasteiger partial charge in [0.05, 0.1) is 5.69 Å². The fraction of sp³-hybridized carbons (Fsp3) is 0.176. The SMILES string of the molecule is O=C(/C=N/OCc1cc2c(cc1Br)OCCO2)Nc1ccc(F)cc1F. The van der Waals surface area contributed by atoms with Gasteiger partial charge in [-0.15, -0.1) is 0 Å². The average Bonchev–Trinajstić information content (AvgIpc) is 2.61. The number of fused-ring (bicyclic) bond motifs is 1. The van der Waals surface area contributed by atoms with E-state index in [-0.39, 0.29) is 12.3 Å². The minimum absolute atomic E-state index is 0.0753. The van der Waals surface area contributed by atoms with Crippen LogP contribution in [0.4, 0.5) is 14.5 Å². The minimum Gasteiger partial charge on any atom is -0.486 e. The number of nitrogens with zero attached hydrogens (tertiary/aromatic N) is 1. The van der Waals surface area contributed by atoms with E-state index in [9.17, 15) is 13.6 Å². The molecule has 0 saturated carbocycles. The van der Waals surface area contributed by atoms with E-state index in [1.165, 1.54) is 0 Å². The summed E-state index contributed by atoms with van der Waals surface area (Å²) in [5.74, 6) is -1.09. The summed E-state index contributed by atoms with van der Waals surface area (Å²) in [6, 6.07) is 6.33. The quantitative estimate of drug-likeness (QED) is 0.585. The third-order valence-electron chi connectivity index (χ3n) is 3.36. The number of hydrogen-bond acceptors (Lipinski definition) is 5. The molecule has 1 amide bonds. The number of oxime groups is 1. The molecule has 136 valence electrons. The standard InChI is InChI=1S/C17H13BrF2N2O4/c18-12-7-16-15(24-3-4-25-16)5-10(12)9-26-21-8-17(23)22-14-2-1-11(19)6-13(14)20/h1-2,5-8H,3-4,9H2,(H,22,23)/b21-8+. The molecule has 2 aromatic rings. The second kappa shape index (κ2) is 8.13. The molecular weight excluding hydrogens is 414 g/mol. The molecule has 1 N–H and O–H groups in total. The van der Waals surface area contributed by atoms with Crippen molar-refractivity contribution in [2.24, 2.45) is 5.16 Å². The van der Waals surface area contributed by atoms with Crippen LogP contribution in [-0.2, 0) is 16.2 Å². The van der Waals surface area contributed by atoms with Gasteiger partial charge in [0.2, 0.25) is 0 Å². The Bertz CT molecular complexity index is 861. The van der Waals surface area contributed by atoms with Gasteiger partial charge in [-0.25, -0.2) is 8.78 Å². The van der Waals surface area contributed by atoms with Gasteiger partial charge < -0.3 is 19.6 Å². The van der Waals surface area contributed by atoms with Gasteiger partial charge in [0.25, 0.3) is 5.91 Å². The minimum atomic E-state index is -0.882. The molecule has 1 aliphatic rings. The maximum absolute atomic E-state index is 13.4. The number of carbonyl (C=O) groups excluding carboxylic acids is 1. The number of ether oxygens (including phenoxy) is 2. The molecular formula is C17H13BrF2N2O4. The van der Waals surface area contributed by atoms with Crippen LogP contribution < -0.4 is 14.8 Å². The van der Waals surface area contributed by atoms with Crippen LogP contribution in [0.1, 0.15) is 5.56 Å². The normalized spacial score (nSPS) is 12.9. The Morgan fingerprint density at radius 1 is 1.23 bits per heavy atom. The van der Waals surface area contributed by atoms with Gasteiger partial charge in [-0.1, -0.05) is 21.1 Å². The molecule has 0 fully saturated rings. The van der Waals surface area contributed by atoms with Crippen molar-refractivity contribution in [3.63, 3.8) is 0 Å². The molecule has 26 heavy (non-hydrogen) atoms. The van der Waals surface area contributed by atoms with Crippen LogP contribution in [0.25, 0.3) is 0 Å². The van der Waals surface area contributed by atoms with Crippen molar-refractivity contribution in [2.75, 3.05) is 18.5 Å². The van der Waals surface area contributed by atoms with Crippen LogP contribution in [-0.4, -0.2) is 25.3 Å². The van der Waals surface area contributed by atoms with E-state index in [1.807, 2.05) is 0 Å². The predicted molar refractivity (Wildman–Crippen MR) is 93.4 cm³/mol. The zero-order valence-electron chi connectivity index (χ0n) is 13.3. The predicted octanol–water partition coefficient (Wildman–Crippen LogP) is 3.64. The molecule has 0 aromatic heterocycles. The molecule has 0 spiro atoms. The zero-order valence-corrected chi connectivity index (χ0v) is 14.9. The van der Waals surface area contributed by atoms with E-state index >= 15 is 0 Å². The van der Waals surface area contributed by atoms with E-state index in [0.717, 1.165) is 28.4 Å². The van der Waals surface area contributed by atoms with E-state index in [4.69, 9.17) is 14.3 Å².